The van der Waals surface area contributed by atoms with Crippen molar-refractivity contribution in [1.82, 2.24) is 0 Å². The fourth-order valence-corrected chi connectivity index (χ4v) is 1.15. The molecule has 0 bridgehead atoms. The van der Waals surface area contributed by atoms with Crippen LogP contribution in [0.1, 0.15) is 19.3 Å². The first kappa shape index (κ1) is 10.3. The number of rotatable bonds is 4. The average molecular weight is 200 g/mol. The van der Waals surface area contributed by atoms with E-state index in [-0.39, 0.29) is 12.8 Å². The van der Waals surface area contributed by atoms with Crippen molar-refractivity contribution < 1.29 is 27.5 Å². The van der Waals surface area contributed by atoms with Crippen molar-refractivity contribution in [2.75, 3.05) is 0 Å². The molecular formula is C7H8F4O2. The van der Waals surface area contributed by atoms with Crippen molar-refractivity contribution in [3.63, 3.8) is 0 Å². The Labute approximate surface area is 71.5 Å². The zero-order valence-electron chi connectivity index (χ0n) is 6.57. The fourth-order valence-electron chi connectivity index (χ4n) is 1.15. The maximum absolute atomic E-state index is 12.4. The SMILES string of the molecule is O=C(O)C1(CC(F)(F)C(F)F)CC1. The standard InChI is InChI=1S/C7H8F4O2/c8-4(9)7(10,11)3-6(1-2-6)5(12)13/h4H,1-3H2,(H,12,13). The molecule has 0 unspecified atom stereocenters. The molecule has 1 N–H and O–H groups in total. The van der Waals surface area contributed by atoms with Gasteiger partial charge in [0, 0.05) is 6.42 Å². The Balaban J connectivity index is 2.63. The second kappa shape index (κ2) is 2.85. The molecule has 76 valence electrons. The van der Waals surface area contributed by atoms with Gasteiger partial charge in [-0.3, -0.25) is 4.79 Å². The van der Waals surface area contributed by atoms with Crippen LogP contribution in [0, 0.1) is 5.41 Å². The Hall–Kier alpha value is -0.810. The minimum Gasteiger partial charge on any atom is -0.481 e. The van der Waals surface area contributed by atoms with Crippen molar-refractivity contribution in [3.8, 4) is 0 Å². The lowest BCUT2D eigenvalue weighted by Gasteiger charge is -2.18. The highest BCUT2D eigenvalue weighted by Crippen LogP contribution is 2.53. The minimum atomic E-state index is -4.19. The molecule has 0 atom stereocenters. The first-order valence-corrected chi connectivity index (χ1v) is 3.70. The number of alkyl halides is 4. The third-order valence-corrected chi connectivity index (χ3v) is 2.20. The quantitative estimate of drug-likeness (QED) is 0.706. The highest BCUT2D eigenvalue weighted by atomic mass is 19.3. The molecule has 0 radical (unpaired) electrons. The molecule has 0 aromatic carbocycles. The van der Waals surface area contributed by atoms with Crippen molar-refractivity contribution >= 4 is 5.97 Å². The summed E-state index contributed by atoms with van der Waals surface area (Å²) in [5, 5.41) is 8.47. The molecule has 0 aromatic rings. The Morgan fingerprint density at radius 3 is 2.15 bits per heavy atom. The summed E-state index contributed by atoms with van der Waals surface area (Å²) in [6.07, 6.45) is -4.92. The van der Waals surface area contributed by atoms with Gasteiger partial charge in [0.05, 0.1) is 5.41 Å². The van der Waals surface area contributed by atoms with E-state index >= 15 is 0 Å². The topological polar surface area (TPSA) is 37.3 Å². The lowest BCUT2D eigenvalue weighted by atomic mass is 9.98. The van der Waals surface area contributed by atoms with E-state index < -0.39 is 30.2 Å². The smallest absolute Gasteiger partial charge is 0.309 e. The van der Waals surface area contributed by atoms with Gasteiger partial charge in [-0.25, -0.2) is 17.6 Å². The molecule has 0 amide bonds. The summed E-state index contributed by atoms with van der Waals surface area (Å²) < 4.78 is 48.2. The molecule has 1 rings (SSSR count). The first-order valence-electron chi connectivity index (χ1n) is 3.70. The number of carboxylic acids is 1. The van der Waals surface area contributed by atoms with Gasteiger partial charge < -0.3 is 5.11 Å². The van der Waals surface area contributed by atoms with E-state index in [2.05, 4.69) is 0 Å². The van der Waals surface area contributed by atoms with Crippen LogP contribution in [0.2, 0.25) is 0 Å². The minimum absolute atomic E-state index is 0.0602. The van der Waals surface area contributed by atoms with Gasteiger partial charge in [-0.05, 0) is 12.8 Å². The molecule has 6 heteroatoms. The normalized spacial score (nSPS) is 20.4. The van der Waals surface area contributed by atoms with Crippen LogP contribution < -0.4 is 0 Å². The zero-order chi connectivity index (χ0) is 10.3. The van der Waals surface area contributed by atoms with E-state index in [0.29, 0.717) is 0 Å². The molecule has 2 nitrogen and oxygen atoms in total. The molecule has 13 heavy (non-hydrogen) atoms. The van der Waals surface area contributed by atoms with E-state index in [1.807, 2.05) is 0 Å². The maximum Gasteiger partial charge on any atom is 0.309 e. The molecule has 1 aliphatic carbocycles. The number of aliphatic carboxylic acids is 1. The van der Waals surface area contributed by atoms with Crippen molar-refractivity contribution in [3.05, 3.63) is 0 Å². The van der Waals surface area contributed by atoms with Crippen molar-refractivity contribution in [2.45, 2.75) is 31.6 Å². The molecule has 0 aliphatic heterocycles. The van der Waals surface area contributed by atoms with E-state index in [0.717, 1.165) is 0 Å². The van der Waals surface area contributed by atoms with E-state index in [4.69, 9.17) is 5.11 Å². The van der Waals surface area contributed by atoms with Gasteiger partial charge in [-0.2, -0.15) is 0 Å². The first-order chi connectivity index (χ1) is 5.80. The van der Waals surface area contributed by atoms with Gasteiger partial charge in [0.1, 0.15) is 0 Å². The van der Waals surface area contributed by atoms with E-state index in [9.17, 15) is 22.4 Å². The summed E-state index contributed by atoms with van der Waals surface area (Å²) in [5.74, 6) is -5.60. The predicted molar refractivity (Wildman–Crippen MR) is 34.9 cm³/mol. The number of halogens is 4. The number of hydrogen-bond donors (Lipinski definition) is 1. The third kappa shape index (κ3) is 1.92. The summed E-state index contributed by atoms with van der Waals surface area (Å²) in [4.78, 5) is 10.4. The average Bonchev–Trinajstić information content (AvgIpc) is 2.67. The molecule has 0 aromatic heterocycles. The Morgan fingerprint density at radius 2 is 1.92 bits per heavy atom. The van der Waals surface area contributed by atoms with Crippen LogP contribution in [0.4, 0.5) is 17.6 Å². The van der Waals surface area contributed by atoms with E-state index in [1.54, 1.807) is 0 Å². The van der Waals surface area contributed by atoms with Crippen LogP contribution in [0.5, 0.6) is 0 Å². The molecule has 0 spiro atoms. The second-order valence-electron chi connectivity index (χ2n) is 3.32. The lowest BCUT2D eigenvalue weighted by molar-refractivity contribution is -0.162. The molecule has 1 fully saturated rings. The predicted octanol–water partition coefficient (Wildman–Crippen LogP) is 2.14. The highest BCUT2D eigenvalue weighted by Gasteiger charge is 2.58. The summed E-state index contributed by atoms with van der Waals surface area (Å²) in [6.45, 7) is 0. The summed E-state index contributed by atoms with van der Waals surface area (Å²) in [5.41, 5.74) is -1.60. The summed E-state index contributed by atoms with van der Waals surface area (Å²) in [7, 11) is 0. The van der Waals surface area contributed by atoms with Crippen LogP contribution in [-0.2, 0) is 4.79 Å². The Kier molecular flexibility index (Phi) is 2.25. The largest absolute Gasteiger partial charge is 0.481 e. The molecular weight excluding hydrogens is 192 g/mol. The number of carboxylic acid groups (broad SMARTS) is 1. The third-order valence-electron chi connectivity index (χ3n) is 2.20. The monoisotopic (exact) mass is 200 g/mol. The maximum atomic E-state index is 12.4. The van der Waals surface area contributed by atoms with Crippen LogP contribution in [-0.4, -0.2) is 23.4 Å². The molecule has 0 saturated heterocycles. The molecule has 0 heterocycles. The Bertz CT molecular complexity index is 223. The van der Waals surface area contributed by atoms with Crippen molar-refractivity contribution in [2.24, 2.45) is 5.41 Å². The molecule has 1 saturated carbocycles. The van der Waals surface area contributed by atoms with Gasteiger partial charge in [0.25, 0.3) is 0 Å². The van der Waals surface area contributed by atoms with Crippen LogP contribution >= 0.6 is 0 Å². The van der Waals surface area contributed by atoms with Gasteiger partial charge in [-0.1, -0.05) is 0 Å². The van der Waals surface area contributed by atoms with Gasteiger partial charge >= 0.3 is 18.3 Å². The van der Waals surface area contributed by atoms with Crippen LogP contribution in [0.15, 0.2) is 0 Å². The number of carbonyl (C=O) groups is 1. The zero-order valence-corrected chi connectivity index (χ0v) is 6.57. The van der Waals surface area contributed by atoms with Crippen molar-refractivity contribution in [1.29, 1.82) is 0 Å². The van der Waals surface area contributed by atoms with Gasteiger partial charge in [-0.15, -0.1) is 0 Å². The summed E-state index contributed by atoms with van der Waals surface area (Å²) >= 11 is 0. The van der Waals surface area contributed by atoms with Gasteiger partial charge in [0.15, 0.2) is 0 Å². The Morgan fingerprint density at radius 1 is 1.46 bits per heavy atom. The summed E-state index contributed by atoms with van der Waals surface area (Å²) in [6, 6.07) is 0. The van der Waals surface area contributed by atoms with E-state index in [1.165, 1.54) is 0 Å². The second-order valence-corrected chi connectivity index (χ2v) is 3.32. The number of hydrogen-bond acceptors (Lipinski definition) is 1. The van der Waals surface area contributed by atoms with Crippen LogP contribution in [0.25, 0.3) is 0 Å². The van der Waals surface area contributed by atoms with Gasteiger partial charge in [0.2, 0.25) is 0 Å². The fraction of sp³-hybridized carbons (Fsp3) is 0.857. The van der Waals surface area contributed by atoms with Crippen LogP contribution in [0.3, 0.4) is 0 Å². The lowest BCUT2D eigenvalue weighted by Crippen LogP contribution is -2.33. The molecule has 1 aliphatic rings. The highest BCUT2D eigenvalue weighted by molar-refractivity contribution is 5.77.